The van der Waals surface area contributed by atoms with E-state index in [-0.39, 0.29) is 11.9 Å². The number of nitrogens with one attached hydrogen (secondary N) is 1. The van der Waals surface area contributed by atoms with Crippen LogP contribution in [-0.4, -0.2) is 40.8 Å². The lowest BCUT2D eigenvalue weighted by Crippen LogP contribution is -2.52. The molecule has 2 aromatic carbocycles. The van der Waals surface area contributed by atoms with Gasteiger partial charge in [0.2, 0.25) is 5.89 Å². The molecule has 1 aliphatic heterocycles. The highest BCUT2D eigenvalue weighted by molar-refractivity contribution is 5.75. The van der Waals surface area contributed by atoms with Crippen molar-refractivity contribution in [3.05, 3.63) is 77.4 Å². The van der Waals surface area contributed by atoms with Crippen LogP contribution < -0.4 is 10.1 Å². The second-order valence-electron chi connectivity index (χ2n) is 7.21. The SMILES string of the molecule is Cc1cccc(OCCc2noc(C3CN(C(=O)NCc4ccccc4)C3)n2)c1. The zero-order valence-corrected chi connectivity index (χ0v) is 16.4. The number of urea groups is 1. The predicted octanol–water partition coefficient (Wildman–Crippen LogP) is 3.31. The highest BCUT2D eigenvalue weighted by Gasteiger charge is 2.35. The van der Waals surface area contributed by atoms with Crippen LogP contribution in [0.5, 0.6) is 5.75 Å². The first kappa shape index (κ1) is 19.0. The van der Waals surface area contributed by atoms with Gasteiger partial charge in [0.05, 0.1) is 12.5 Å². The van der Waals surface area contributed by atoms with Crippen LogP contribution in [0.2, 0.25) is 0 Å². The molecule has 0 bridgehead atoms. The van der Waals surface area contributed by atoms with Crippen LogP contribution in [0.4, 0.5) is 4.79 Å². The van der Waals surface area contributed by atoms with E-state index < -0.39 is 0 Å². The van der Waals surface area contributed by atoms with Crippen molar-refractivity contribution in [2.45, 2.75) is 25.8 Å². The molecule has 3 aromatic rings. The number of carbonyl (C=O) groups is 1. The van der Waals surface area contributed by atoms with Crippen LogP contribution in [0.1, 0.15) is 28.8 Å². The highest BCUT2D eigenvalue weighted by Crippen LogP contribution is 2.25. The molecule has 1 aromatic heterocycles. The molecule has 0 aliphatic carbocycles. The third-order valence-electron chi connectivity index (χ3n) is 4.87. The molecular weight excluding hydrogens is 368 g/mol. The van der Waals surface area contributed by atoms with Gasteiger partial charge in [-0.15, -0.1) is 0 Å². The minimum absolute atomic E-state index is 0.0728. The zero-order chi connectivity index (χ0) is 20.1. The van der Waals surface area contributed by atoms with E-state index in [0.29, 0.717) is 44.4 Å². The van der Waals surface area contributed by atoms with E-state index in [9.17, 15) is 4.79 Å². The standard InChI is InChI=1S/C22H24N4O3/c1-16-6-5-9-19(12-16)28-11-10-20-24-21(29-25-20)18-14-26(15-18)22(27)23-13-17-7-3-2-4-8-17/h2-9,12,18H,10-11,13-15H2,1H3,(H,23,27). The Kier molecular flexibility index (Phi) is 5.74. The maximum absolute atomic E-state index is 12.2. The molecule has 0 unspecified atom stereocenters. The van der Waals surface area contributed by atoms with E-state index in [0.717, 1.165) is 16.9 Å². The Morgan fingerprint density at radius 3 is 2.83 bits per heavy atom. The minimum atomic E-state index is -0.0728. The molecule has 29 heavy (non-hydrogen) atoms. The number of hydrogen-bond acceptors (Lipinski definition) is 5. The first-order valence-corrected chi connectivity index (χ1v) is 9.76. The average molecular weight is 392 g/mol. The maximum Gasteiger partial charge on any atom is 0.317 e. The monoisotopic (exact) mass is 392 g/mol. The first-order chi connectivity index (χ1) is 14.2. The zero-order valence-electron chi connectivity index (χ0n) is 16.4. The number of likely N-dealkylation sites (tertiary alicyclic amines) is 1. The van der Waals surface area contributed by atoms with Crippen molar-refractivity contribution in [1.82, 2.24) is 20.4 Å². The number of hydrogen-bond donors (Lipinski definition) is 1. The maximum atomic E-state index is 12.2. The summed E-state index contributed by atoms with van der Waals surface area (Å²) in [4.78, 5) is 18.4. The Morgan fingerprint density at radius 1 is 1.21 bits per heavy atom. The van der Waals surface area contributed by atoms with Gasteiger partial charge in [-0.05, 0) is 30.2 Å². The summed E-state index contributed by atoms with van der Waals surface area (Å²) in [5.41, 5.74) is 2.24. The second-order valence-corrected chi connectivity index (χ2v) is 7.21. The molecule has 1 fully saturated rings. The number of amides is 2. The lowest BCUT2D eigenvalue weighted by Gasteiger charge is -2.36. The van der Waals surface area contributed by atoms with E-state index in [2.05, 4.69) is 15.5 Å². The Morgan fingerprint density at radius 2 is 2.03 bits per heavy atom. The van der Waals surface area contributed by atoms with E-state index >= 15 is 0 Å². The van der Waals surface area contributed by atoms with Gasteiger partial charge in [0.25, 0.3) is 0 Å². The molecule has 1 aliphatic rings. The lowest BCUT2D eigenvalue weighted by atomic mass is 10.0. The molecule has 2 heterocycles. The molecule has 0 radical (unpaired) electrons. The van der Waals surface area contributed by atoms with E-state index in [1.807, 2.05) is 61.5 Å². The molecular formula is C22H24N4O3. The van der Waals surface area contributed by atoms with Gasteiger partial charge in [-0.25, -0.2) is 4.79 Å². The van der Waals surface area contributed by atoms with Crippen LogP contribution in [0.25, 0.3) is 0 Å². The van der Waals surface area contributed by atoms with Crippen molar-refractivity contribution < 1.29 is 14.1 Å². The summed E-state index contributed by atoms with van der Waals surface area (Å²) in [5, 5.41) is 6.96. The number of nitrogens with zero attached hydrogens (tertiary/aromatic N) is 3. The van der Waals surface area contributed by atoms with Gasteiger partial charge in [0.1, 0.15) is 5.75 Å². The number of rotatable bonds is 7. The Labute approximate surface area is 169 Å². The first-order valence-electron chi connectivity index (χ1n) is 9.76. The predicted molar refractivity (Wildman–Crippen MR) is 108 cm³/mol. The summed E-state index contributed by atoms with van der Waals surface area (Å²) in [7, 11) is 0. The molecule has 1 N–H and O–H groups in total. The Balaban J connectivity index is 1.19. The fourth-order valence-electron chi connectivity index (χ4n) is 3.19. The van der Waals surface area contributed by atoms with Gasteiger partial charge in [-0.1, -0.05) is 47.6 Å². The molecule has 7 heteroatoms. The van der Waals surface area contributed by atoms with Crippen LogP contribution in [0, 0.1) is 6.92 Å². The quantitative estimate of drug-likeness (QED) is 0.667. The summed E-state index contributed by atoms with van der Waals surface area (Å²) in [6.07, 6.45) is 0.575. The van der Waals surface area contributed by atoms with Crippen LogP contribution >= 0.6 is 0 Å². The van der Waals surface area contributed by atoms with E-state index in [1.165, 1.54) is 0 Å². The molecule has 0 saturated carbocycles. The van der Waals surface area contributed by atoms with Gasteiger partial charge < -0.3 is 19.5 Å². The van der Waals surface area contributed by atoms with Crippen LogP contribution in [0.15, 0.2) is 59.1 Å². The Bertz CT molecular complexity index is 951. The van der Waals surface area contributed by atoms with Crippen molar-refractivity contribution in [1.29, 1.82) is 0 Å². The van der Waals surface area contributed by atoms with Gasteiger partial charge in [-0.2, -0.15) is 4.98 Å². The van der Waals surface area contributed by atoms with Crippen molar-refractivity contribution in [2.24, 2.45) is 0 Å². The van der Waals surface area contributed by atoms with Gasteiger partial charge in [0, 0.05) is 26.1 Å². The second kappa shape index (κ2) is 8.77. The smallest absolute Gasteiger partial charge is 0.317 e. The molecule has 4 rings (SSSR count). The van der Waals surface area contributed by atoms with Crippen molar-refractivity contribution in [3.63, 3.8) is 0 Å². The number of aryl methyl sites for hydroxylation is 1. The van der Waals surface area contributed by atoms with E-state index in [4.69, 9.17) is 9.26 Å². The van der Waals surface area contributed by atoms with Gasteiger partial charge >= 0.3 is 6.03 Å². The largest absolute Gasteiger partial charge is 0.493 e. The molecule has 0 atom stereocenters. The molecule has 2 amide bonds. The van der Waals surface area contributed by atoms with Crippen molar-refractivity contribution in [3.8, 4) is 5.75 Å². The normalized spacial score (nSPS) is 13.8. The molecule has 150 valence electrons. The third kappa shape index (κ3) is 4.93. The third-order valence-corrected chi connectivity index (χ3v) is 4.87. The Hall–Kier alpha value is -3.35. The summed E-state index contributed by atoms with van der Waals surface area (Å²) >= 11 is 0. The van der Waals surface area contributed by atoms with Gasteiger partial charge in [-0.3, -0.25) is 0 Å². The number of carbonyl (C=O) groups excluding carboxylic acids is 1. The van der Waals surface area contributed by atoms with Crippen molar-refractivity contribution in [2.75, 3.05) is 19.7 Å². The van der Waals surface area contributed by atoms with E-state index in [1.54, 1.807) is 4.90 Å². The topological polar surface area (TPSA) is 80.5 Å². The average Bonchev–Trinajstić information content (AvgIpc) is 3.14. The summed E-state index contributed by atoms with van der Waals surface area (Å²) in [6.45, 7) is 4.21. The fraction of sp³-hybridized carbons (Fsp3) is 0.318. The molecule has 7 nitrogen and oxygen atoms in total. The highest BCUT2D eigenvalue weighted by atomic mass is 16.5. The summed E-state index contributed by atoms with van der Waals surface area (Å²) < 4.78 is 11.1. The van der Waals surface area contributed by atoms with Crippen molar-refractivity contribution >= 4 is 6.03 Å². The number of ether oxygens (including phenoxy) is 1. The molecule has 0 spiro atoms. The fourth-order valence-corrected chi connectivity index (χ4v) is 3.19. The van der Waals surface area contributed by atoms with Crippen LogP contribution in [-0.2, 0) is 13.0 Å². The van der Waals surface area contributed by atoms with Crippen LogP contribution in [0.3, 0.4) is 0 Å². The number of benzene rings is 2. The van der Waals surface area contributed by atoms with Gasteiger partial charge in [0.15, 0.2) is 5.82 Å². The molecule has 1 saturated heterocycles. The minimum Gasteiger partial charge on any atom is -0.493 e. The summed E-state index contributed by atoms with van der Waals surface area (Å²) in [6, 6.07) is 17.7. The summed E-state index contributed by atoms with van der Waals surface area (Å²) in [5.74, 6) is 2.14. The number of aromatic nitrogens is 2. The lowest BCUT2D eigenvalue weighted by molar-refractivity contribution is 0.136.